The molecule has 2 rings (SSSR count). The summed E-state index contributed by atoms with van der Waals surface area (Å²) in [4.78, 5) is 15.9. The van der Waals surface area contributed by atoms with Crippen molar-refractivity contribution in [3.8, 4) is 0 Å². The van der Waals surface area contributed by atoms with Crippen LogP contribution in [0.2, 0.25) is 0 Å². The fraction of sp³-hybridized carbons (Fsp3) is 0.500. The molecule has 1 unspecified atom stereocenters. The van der Waals surface area contributed by atoms with Crippen molar-refractivity contribution >= 4 is 5.91 Å². The molecule has 2 heterocycles. The third-order valence-corrected chi connectivity index (χ3v) is 2.78. The average Bonchev–Trinajstić information content (AvgIpc) is 2.40. The van der Waals surface area contributed by atoms with Crippen molar-refractivity contribution in [1.82, 2.24) is 15.6 Å². The van der Waals surface area contributed by atoms with Crippen LogP contribution < -0.4 is 10.6 Å². The Bertz CT molecular complexity index is 363. The van der Waals surface area contributed by atoms with Crippen LogP contribution in [0.3, 0.4) is 0 Å². The lowest BCUT2D eigenvalue weighted by Gasteiger charge is -2.24. The second-order valence-electron chi connectivity index (χ2n) is 4.10. The molecule has 5 nitrogen and oxygen atoms in total. The first-order valence-electron chi connectivity index (χ1n) is 5.79. The van der Waals surface area contributed by atoms with Crippen molar-refractivity contribution in [2.24, 2.45) is 0 Å². The zero-order valence-electron chi connectivity index (χ0n) is 9.85. The summed E-state index contributed by atoms with van der Waals surface area (Å²) in [5.41, 5.74) is 0.998. The fourth-order valence-corrected chi connectivity index (χ4v) is 1.76. The average molecular weight is 235 g/mol. The van der Waals surface area contributed by atoms with Crippen molar-refractivity contribution in [3.05, 3.63) is 30.1 Å². The normalized spacial score (nSPS) is 21.8. The second-order valence-corrected chi connectivity index (χ2v) is 4.10. The van der Waals surface area contributed by atoms with Gasteiger partial charge in [0.2, 0.25) is 5.91 Å². The topological polar surface area (TPSA) is 63.2 Å². The molecule has 0 radical (unpaired) electrons. The summed E-state index contributed by atoms with van der Waals surface area (Å²) in [5.74, 6) is -0.0268. The number of ether oxygens (including phenoxy) is 1. The first kappa shape index (κ1) is 12.0. The molecule has 1 saturated heterocycles. The standard InChI is InChI=1S/C12H17N3O2/c1-9(10-3-2-4-13-7-10)15-12(16)11-8-17-6-5-14-11/h2-4,7,9,11,14H,5-6,8H2,1H3,(H,15,16)/t9-,11?/m1/s1. The molecule has 2 atom stereocenters. The van der Waals surface area contributed by atoms with Gasteiger partial charge in [0.1, 0.15) is 6.04 Å². The van der Waals surface area contributed by atoms with Crippen LogP contribution in [0.1, 0.15) is 18.5 Å². The van der Waals surface area contributed by atoms with E-state index in [9.17, 15) is 4.79 Å². The summed E-state index contributed by atoms with van der Waals surface area (Å²) >= 11 is 0. The number of carbonyl (C=O) groups excluding carboxylic acids is 1. The molecule has 1 amide bonds. The van der Waals surface area contributed by atoms with E-state index >= 15 is 0 Å². The van der Waals surface area contributed by atoms with Gasteiger partial charge in [-0.1, -0.05) is 6.07 Å². The number of morpholine rings is 1. The quantitative estimate of drug-likeness (QED) is 0.788. The lowest BCUT2D eigenvalue weighted by Crippen LogP contribution is -2.51. The molecule has 0 spiro atoms. The number of hydrogen-bond donors (Lipinski definition) is 2. The van der Waals surface area contributed by atoms with Gasteiger partial charge in [-0.3, -0.25) is 9.78 Å². The molecule has 0 aromatic carbocycles. The van der Waals surface area contributed by atoms with Gasteiger partial charge < -0.3 is 15.4 Å². The van der Waals surface area contributed by atoms with Crippen molar-refractivity contribution in [2.45, 2.75) is 19.0 Å². The predicted molar refractivity (Wildman–Crippen MR) is 63.4 cm³/mol. The highest BCUT2D eigenvalue weighted by atomic mass is 16.5. The van der Waals surface area contributed by atoms with Crippen molar-refractivity contribution < 1.29 is 9.53 Å². The predicted octanol–water partition coefficient (Wildman–Crippen LogP) is 0.247. The number of hydrogen-bond acceptors (Lipinski definition) is 4. The minimum atomic E-state index is -0.247. The van der Waals surface area contributed by atoms with E-state index in [4.69, 9.17) is 4.74 Å². The molecule has 0 aliphatic carbocycles. The highest BCUT2D eigenvalue weighted by molar-refractivity contribution is 5.82. The molecule has 1 aliphatic heterocycles. The zero-order valence-corrected chi connectivity index (χ0v) is 9.85. The van der Waals surface area contributed by atoms with Gasteiger partial charge in [-0.05, 0) is 18.6 Å². The molecule has 17 heavy (non-hydrogen) atoms. The van der Waals surface area contributed by atoms with Gasteiger partial charge in [-0.2, -0.15) is 0 Å². The lowest BCUT2D eigenvalue weighted by atomic mass is 10.1. The van der Waals surface area contributed by atoms with E-state index in [1.54, 1.807) is 12.4 Å². The van der Waals surface area contributed by atoms with E-state index in [1.807, 2.05) is 19.1 Å². The number of nitrogens with zero attached hydrogens (tertiary/aromatic N) is 1. The van der Waals surface area contributed by atoms with E-state index < -0.39 is 0 Å². The minimum absolute atomic E-state index is 0.0268. The van der Waals surface area contributed by atoms with Crippen LogP contribution in [0, 0.1) is 0 Å². The lowest BCUT2D eigenvalue weighted by molar-refractivity contribution is -0.126. The summed E-state index contributed by atoms with van der Waals surface area (Å²) < 4.78 is 5.25. The summed E-state index contributed by atoms with van der Waals surface area (Å²) in [5, 5.41) is 6.07. The Hall–Kier alpha value is -1.46. The number of carbonyl (C=O) groups is 1. The summed E-state index contributed by atoms with van der Waals surface area (Å²) in [6.07, 6.45) is 3.48. The van der Waals surface area contributed by atoms with Gasteiger partial charge >= 0.3 is 0 Å². The molecule has 0 saturated carbocycles. The Labute approximate surface area is 101 Å². The summed E-state index contributed by atoms with van der Waals surface area (Å²) in [6, 6.07) is 3.52. The number of nitrogens with one attached hydrogen (secondary N) is 2. The molecule has 1 aromatic heterocycles. The van der Waals surface area contributed by atoms with E-state index in [2.05, 4.69) is 15.6 Å². The maximum Gasteiger partial charge on any atom is 0.240 e. The van der Waals surface area contributed by atoms with Gasteiger partial charge in [0.25, 0.3) is 0 Å². The van der Waals surface area contributed by atoms with Gasteiger partial charge in [0.05, 0.1) is 19.3 Å². The maximum absolute atomic E-state index is 11.9. The fourth-order valence-electron chi connectivity index (χ4n) is 1.76. The molecular weight excluding hydrogens is 218 g/mol. The molecule has 92 valence electrons. The summed E-state index contributed by atoms with van der Waals surface area (Å²) in [6.45, 7) is 3.77. The molecular formula is C12H17N3O2. The molecule has 1 aromatic rings. The smallest absolute Gasteiger partial charge is 0.240 e. The third-order valence-electron chi connectivity index (χ3n) is 2.78. The molecule has 0 bridgehead atoms. The second kappa shape index (κ2) is 5.75. The zero-order chi connectivity index (χ0) is 12.1. The highest BCUT2D eigenvalue weighted by Gasteiger charge is 2.22. The van der Waals surface area contributed by atoms with E-state index in [-0.39, 0.29) is 18.0 Å². The number of aromatic nitrogens is 1. The van der Waals surface area contributed by atoms with E-state index in [1.165, 1.54) is 0 Å². The Kier molecular flexibility index (Phi) is 4.06. The molecule has 2 N–H and O–H groups in total. The Morgan fingerprint density at radius 2 is 2.59 bits per heavy atom. The van der Waals surface area contributed by atoms with Gasteiger partial charge in [-0.15, -0.1) is 0 Å². The SMILES string of the molecule is C[C@@H](NC(=O)C1COCCN1)c1cccnc1. The van der Waals surface area contributed by atoms with Crippen molar-refractivity contribution in [1.29, 1.82) is 0 Å². The molecule has 1 fully saturated rings. The molecule has 1 aliphatic rings. The van der Waals surface area contributed by atoms with Crippen LogP contribution in [-0.2, 0) is 9.53 Å². The Morgan fingerprint density at radius 1 is 1.71 bits per heavy atom. The molecule has 5 heteroatoms. The Balaban J connectivity index is 1.89. The first-order chi connectivity index (χ1) is 8.27. The van der Waals surface area contributed by atoms with Crippen molar-refractivity contribution in [2.75, 3.05) is 19.8 Å². The number of pyridine rings is 1. The van der Waals surface area contributed by atoms with Crippen LogP contribution >= 0.6 is 0 Å². The van der Waals surface area contributed by atoms with Crippen LogP contribution in [0.25, 0.3) is 0 Å². The van der Waals surface area contributed by atoms with Gasteiger partial charge in [-0.25, -0.2) is 0 Å². The van der Waals surface area contributed by atoms with Gasteiger partial charge in [0.15, 0.2) is 0 Å². The number of amides is 1. The third kappa shape index (κ3) is 3.25. The minimum Gasteiger partial charge on any atom is -0.378 e. The van der Waals surface area contributed by atoms with Crippen LogP contribution in [0.5, 0.6) is 0 Å². The van der Waals surface area contributed by atoms with Gasteiger partial charge in [0, 0.05) is 18.9 Å². The summed E-state index contributed by atoms with van der Waals surface area (Å²) in [7, 11) is 0. The highest BCUT2D eigenvalue weighted by Crippen LogP contribution is 2.10. The van der Waals surface area contributed by atoms with Crippen LogP contribution in [0.15, 0.2) is 24.5 Å². The number of rotatable bonds is 3. The largest absolute Gasteiger partial charge is 0.378 e. The maximum atomic E-state index is 11.9. The first-order valence-corrected chi connectivity index (χ1v) is 5.79. The van der Waals surface area contributed by atoms with E-state index in [0.29, 0.717) is 13.2 Å². The monoisotopic (exact) mass is 235 g/mol. The van der Waals surface area contributed by atoms with Crippen LogP contribution in [-0.4, -0.2) is 36.7 Å². The van der Waals surface area contributed by atoms with Crippen LogP contribution in [0.4, 0.5) is 0 Å². The Morgan fingerprint density at radius 3 is 3.24 bits per heavy atom. The van der Waals surface area contributed by atoms with E-state index in [0.717, 1.165) is 12.1 Å². The van der Waals surface area contributed by atoms with Crippen molar-refractivity contribution in [3.63, 3.8) is 0 Å².